The van der Waals surface area contributed by atoms with Crippen LogP contribution in [0.2, 0.25) is 0 Å². The lowest BCUT2D eigenvalue weighted by Gasteiger charge is -2.09. The van der Waals surface area contributed by atoms with E-state index in [1.807, 2.05) is 6.92 Å². The van der Waals surface area contributed by atoms with Crippen molar-refractivity contribution in [3.63, 3.8) is 0 Å². The maximum absolute atomic E-state index is 11.8. The molecule has 0 saturated carbocycles. The number of rotatable bonds is 5. The molecular weight excluding hydrogens is 324 g/mol. The number of aromatic hydroxyl groups is 2. The average molecular weight is 342 g/mol. The molecule has 3 N–H and O–H groups in total. The fraction of sp³-hybridized carbons (Fsp3) is 0.222. The summed E-state index contributed by atoms with van der Waals surface area (Å²) in [6.07, 6.45) is 2.15. The molecule has 3 rings (SSSR count). The van der Waals surface area contributed by atoms with Crippen LogP contribution in [0.5, 0.6) is 11.5 Å². The molecule has 7 nitrogen and oxygen atoms in total. The van der Waals surface area contributed by atoms with E-state index >= 15 is 0 Å². The van der Waals surface area contributed by atoms with Gasteiger partial charge in [0, 0.05) is 11.6 Å². The van der Waals surface area contributed by atoms with Crippen LogP contribution in [0.1, 0.15) is 30.0 Å². The molecular formula is C18H18N2O5. The number of ether oxygens (including phenoxy) is 1. The molecule has 1 aromatic carbocycles. The molecule has 7 heteroatoms. The van der Waals surface area contributed by atoms with Gasteiger partial charge in [0.25, 0.3) is 0 Å². The van der Waals surface area contributed by atoms with Crippen LogP contribution in [-0.4, -0.2) is 33.0 Å². The second kappa shape index (κ2) is 6.72. The van der Waals surface area contributed by atoms with Crippen LogP contribution in [0.15, 0.2) is 34.9 Å². The smallest absolute Gasteiger partial charge is 0.374 e. The van der Waals surface area contributed by atoms with E-state index in [2.05, 4.69) is 10.2 Å². The number of carbonyl (C=O) groups excluding carboxylic acids is 1. The summed E-state index contributed by atoms with van der Waals surface area (Å²) in [5.41, 5.74) is 2.28. The van der Waals surface area contributed by atoms with Gasteiger partial charge in [0.15, 0.2) is 0 Å². The Hall–Kier alpha value is -3.22. The molecule has 0 saturated heterocycles. The van der Waals surface area contributed by atoms with Crippen molar-refractivity contribution >= 4 is 5.97 Å². The molecule has 25 heavy (non-hydrogen) atoms. The Morgan fingerprint density at radius 3 is 2.72 bits per heavy atom. The van der Waals surface area contributed by atoms with Gasteiger partial charge in [-0.15, -0.1) is 0 Å². The van der Waals surface area contributed by atoms with E-state index in [-0.39, 0.29) is 23.9 Å². The molecule has 130 valence electrons. The average Bonchev–Trinajstić information content (AvgIpc) is 3.24. The number of furan rings is 1. The molecule has 0 radical (unpaired) electrons. The van der Waals surface area contributed by atoms with Crippen molar-refractivity contribution in [2.24, 2.45) is 0 Å². The van der Waals surface area contributed by atoms with E-state index < -0.39 is 5.97 Å². The molecule has 0 fully saturated rings. The largest absolute Gasteiger partial charge is 0.508 e. The number of hydrogen-bond donors (Lipinski definition) is 3. The zero-order chi connectivity index (χ0) is 18.0. The fourth-order valence-electron chi connectivity index (χ4n) is 2.58. The number of aromatic nitrogens is 2. The zero-order valence-corrected chi connectivity index (χ0v) is 13.9. The Labute approximate surface area is 143 Å². The molecule has 2 heterocycles. The van der Waals surface area contributed by atoms with Crippen molar-refractivity contribution in [3.8, 4) is 34.1 Å². The van der Waals surface area contributed by atoms with Gasteiger partial charge in [0.1, 0.15) is 17.3 Å². The third-order valence-electron chi connectivity index (χ3n) is 3.83. The summed E-state index contributed by atoms with van der Waals surface area (Å²) >= 11 is 0. The summed E-state index contributed by atoms with van der Waals surface area (Å²) in [6.45, 7) is 3.88. The second-order valence-corrected chi connectivity index (χ2v) is 5.39. The highest BCUT2D eigenvalue weighted by Gasteiger charge is 2.20. The van der Waals surface area contributed by atoms with Gasteiger partial charge in [-0.25, -0.2) is 4.79 Å². The van der Waals surface area contributed by atoms with E-state index in [0.29, 0.717) is 34.6 Å². The van der Waals surface area contributed by atoms with Crippen LogP contribution >= 0.6 is 0 Å². The van der Waals surface area contributed by atoms with Gasteiger partial charge >= 0.3 is 5.97 Å². The van der Waals surface area contributed by atoms with E-state index in [4.69, 9.17) is 9.15 Å². The van der Waals surface area contributed by atoms with Gasteiger partial charge < -0.3 is 19.4 Å². The Kier molecular flexibility index (Phi) is 4.47. The number of carbonyl (C=O) groups is 1. The van der Waals surface area contributed by atoms with Crippen molar-refractivity contribution in [1.82, 2.24) is 10.2 Å². The monoisotopic (exact) mass is 342 g/mol. The SMILES string of the molecule is CCOC(=O)c1ccc(-c2cn[nH]c2-c2cc(CC)c(O)cc2O)o1. The number of phenolic OH excluding ortho intramolecular Hbond substituents is 2. The molecule has 0 atom stereocenters. The second-order valence-electron chi connectivity index (χ2n) is 5.39. The van der Waals surface area contributed by atoms with Crippen LogP contribution in [0.3, 0.4) is 0 Å². The summed E-state index contributed by atoms with van der Waals surface area (Å²) in [4.78, 5) is 11.8. The first kappa shape index (κ1) is 16.6. The molecule has 0 aliphatic heterocycles. The number of nitrogens with zero attached hydrogens (tertiary/aromatic N) is 1. The third-order valence-corrected chi connectivity index (χ3v) is 3.83. The van der Waals surface area contributed by atoms with Crippen molar-refractivity contribution in [1.29, 1.82) is 0 Å². The maximum Gasteiger partial charge on any atom is 0.374 e. The molecule has 3 aromatic rings. The minimum Gasteiger partial charge on any atom is -0.508 e. The van der Waals surface area contributed by atoms with Gasteiger partial charge in [-0.2, -0.15) is 5.10 Å². The topological polar surface area (TPSA) is 109 Å². The lowest BCUT2D eigenvalue weighted by atomic mass is 10.0. The summed E-state index contributed by atoms with van der Waals surface area (Å²) in [7, 11) is 0. The highest BCUT2D eigenvalue weighted by Crippen LogP contribution is 2.39. The van der Waals surface area contributed by atoms with E-state index in [0.717, 1.165) is 0 Å². The first-order chi connectivity index (χ1) is 12.0. The number of aryl methyl sites for hydroxylation is 1. The van der Waals surface area contributed by atoms with Gasteiger partial charge in [-0.1, -0.05) is 6.92 Å². The zero-order valence-electron chi connectivity index (χ0n) is 13.9. The van der Waals surface area contributed by atoms with Crippen LogP contribution in [0.25, 0.3) is 22.6 Å². The molecule has 0 bridgehead atoms. The number of nitrogens with one attached hydrogen (secondary N) is 1. The van der Waals surface area contributed by atoms with Crippen LogP contribution in [0, 0.1) is 0 Å². The lowest BCUT2D eigenvalue weighted by molar-refractivity contribution is 0.0491. The Balaban J connectivity index is 2.03. The summed E-state index contributed by atoms with van der Waals surface area (Å²) < 4.78 is 10.5. The Morgan fingerprint density at radius 1 is 1.20 bits per heavy atom. The fourth-order valence-corrected chi connectivity index (χ4v) is 2.58. The number of aromatic amines is 1. The highest BCUT2D eigenvalue weighted by atomic mass is 16.5. The van der Waals surface area contributed by atoms with Crippen LogP contribution < -0.4 is 0 Å². The summed E-state index contributed by atoms with van der Waals surface area (Å²) in [5.74, 6) is -0.0881. The first-order valence-corrected chi connectivity index (χ1v) is 7.91. The number of benzene rings is 1. The predicted molar refractivity (Wildman–Crippen MR) is 90.4 cm³/mol. The summed E-state index contributed by atoms with van der Waals surface area (Å²) in [5, 5.41) is 26.9. The molecule has 0 amide bonds. The normalized spacial score (nSPS) is 10.8. The highest BCUT2D eigenvalue weighted by molar-refractivity contribution is 5.88. The van der Waals surface area contributed by atoms with E-state index in [1.54, 1.807) is 25.3 Å². The number of hydrogen-bond acceptors (Lipinski definition) is 6. The molecule has 2 aromatic heterocycles. The minimum absolute atomic E-state index is 0.0346. The van der Waals surface area contributed by atoms with Crippen molar-refractivity contribution in [2.45, 2.75) is 20.3 Å². The Bertz CT molecular complexity index is 910. The molecule has 0 spiro atoms. The quantitative estimate of drug-likeness (QED) is 0.613. The van der Waals surface area contributed by atoms with Crippen molar-refractivity contribution < 1.29 is 24.2 Å². The molecule has 0 unspecified atom stereocenters. The Morgan fingerprint density at radius 2 is 2.00 bits per heavy atom. The summed E-state index contributed by atoms with van der Waals surface area (Å²) in [6, 6.07) is 6.15. The van der Waals surface area contributed by atoms with Crippen molar-refractivity contribution in [3.05, 3.63) is 41.8 Å². The minimum atomic E-state index is -0.542. The standard InChI is InChI=1S/C18H18N2O5/c1-3-10-7-11(14(22)8-13(10)21)17-12(9-19-20-17)15-5-6-16(25-15)18(23)24-4-2/h5-9,21-22H,3-4H2,1-2H3,(H,19,20). The number of H-pyrrole nitrogens is 1. The molecule has 0 aliphatic rings. The predicted octanol–water partition coefficient (Wildman–Crippen LogP) is 3.49. The van der Waals surface area contributed by atoms with Gasteiger partial charge in [-0.3, -0.25) is 5.10 Å². The van der Waals surface area contributed by atoms with Gasteiger partial charge in [-0.05, 0) is 37.1 Å². The number of phenols is 2. The maximum atomic E-state index is 11.8. The van der Waals surface area contributed by atoms with Gasteiger partial charge in [0.2, 0.25) is 5.76 Å². The van der Waals surface area contributed by atoms with Gasteiger partial charge in [0.05, 0.1) is 24.1 Å². The van der Waals surface area contributed by atoms with Crippen LogP contribution in [-0.2, 0) is 11.2 Å². The van der Waals surface area contributed by atoms with Crippen LogP contribution in [0.4, 0.5) is 0 Å². The lowest BCUT2D eigenvalue weighted by Crippen LogP contribution is -2.02. The first-order valence-electron chi connectivity index (χ1n) is 7.91. The van der Waals surface area contributed by atoms with E-state index in [9.17, 15) is 15.0 Å². The third kappa shape index (κ3) is 3.08. The molecule has 0 aliphatic carbocycles. The van der Waals surface area contributed by atoms with Crippen molar-refractivity contribution in [2.75, 3.05) is 6.61 Å². The number of esters is 1. The van der Waals surface area contributed by atoms with E-state index in [1.165, 1.54) is 12.1 Å².